The van der Waals surface area contributed by atoms with Gasteiger partial charge in [0.25, 0.3) is 0 Å². The topological polar surface area (TPSA) is 78.3 Å². The van der Waals surface area contributed by atoms with Crippen molar-refractivity contribution in [3.05, 3.63) is 76.7 Å². The van der Waals surface area contributed by atoms with Crippen molar-refractivity contribution in [1.29, 1.82) is 0 Å². The number of fused-ring (bicyclic) bond motifs is 1. The standard InChI is InChI=1S/C16H9F2N5O2/c17-10-3-4-12(18)11(8-10)13-2-1-6-21(13)15-5-7-22-16(20-15)14(9-19-22)23(24)25/h1-9H. The fourth-order valence-electron chi connectivity index (χ4n) is 2.60. The van der Waals surface area contributed by atoms with Crippen LogP contribution in [0.4, 0.5) is 14.5 Å². The van der Waals surface area contributed by atoms with E-state index >= 15 is 0 Å². The first-order valence-electron chi connectivity index (χ1n) is 7.16. The van der Waals surface area contributed by atoms with E-state index in [4.69, 9.17) is 0 Å². The number of hydrogen-bond donors (Lipinski definition) is 0. The van der Waals surface area contributed by atoms with E-state index in [-0.39, 0.29) is 16.9 Å². The molecule has 9 heteroatoms. The number of hydrogen-bond acceptors (Lipinski definition) is 4. The fraction of sp³-hybridized carbons (Fsp3) is 0. The Hall–Kier alpha value is -3.62. The lowest BCUT2D eigenvalue weighted by Crippen LogP contribution is -2.02. The largest absolute Gasteiger partial charge is 0.333 e. The van der Waals surface area contributed by atoms with Crippen LogP contribution in [0, 0.1) is 21.7 Å². The lowest BCUT2D eigenvalue weighted by molar-refractivity contribution is -0.383. The second kappa shape index (κ2) is 5.48. The number of rotatable bonds is 3. The van der Waals surface area contributed by atoms with Gasteiger partial charge in [0.1, 0.15) is 23.6 Å². The van der Waals surface area contributed by atoms with Gasteiger partial charge in [0.2, 0.25) is 5.65 Å². The Morgan fingerprint density at radius 2 is 1.96 bits per heavy atom. The molecular formula is C16H9F2N5O2. The van der Waals surface area contributed by atoms with Crippen molar-refractivity contribution < 1.29 is 13.7 Å². The Morgan fingerprint density at radius 3 is 2.76 bits per heavy atom. The van der Waals surface area contributed by atoms with E-state index in [2.05, 4.69) is 10.1 Å². The van der Waals surface area contributed by atoms with Gasteiger partial charge >= 0.3 is 5.69 Å². The molecule has 4 rings (SSSR count). The van der Waals surface area contributed by atoms with Crippen molar-refractivity contribution in [2.45, 2.75) is 0 Å². The Kier molecular flexibility index (Phi) is 3.27. The van der Waals surface area contributed by atoms with Crippen LogP contribution >= 0.6 is 0 Å². The number of halogens is 2. The molecule has 124 valence electrons. The zero-order chi connectivity index (χ0) is 17.6. The van der Waals surface area contributed by atoms with E-state index in [9.17, 15) is 18.9 Å². The zero-order valence-electron chi connectivity index (χ0n) is 12.5. The summed E-state index contributed by atoms with van der Waals surface area (Å²) < 4.78 is 30.4. The lowest BCUT2D eigenvalue weighted by atomic mass is 10.1. The van der Waals surface area contributed by atoms with Gasteiger partial charge in [-0.1, -0.05) is 0 Å². The molecule has 0 aliphatic rings. The molecule has 0 radical (unpaired) electrons. The molecule has 0 atom stereocenters. The molecule has 0 fully saturated rings. The molecule has 1 aromatic carbocycles. The molecule has 0 amide bonds. The molecule has 4 aromatic rings. The summed E-state index contributed by atoms with van der Waals surface area (Å²) in [5.74, 6) is -0.837. The van der Waals surface area contributed by atoms with Gasteiger partial charge in [-0.3, -0.25) is 10.1 Å². The van der Waals surface area contributed by atoms with Crippen molar-refractivity contribution in [2.75, 3.05) is 0 Å². The number of benzene rings is 1. The van der Waals surface area contributed by atoms with Gasteiger partial charge in [-0.2, -0.15) is 5.10 Å². The van der Waals surface area contributed by atoms with Gasteiger partial charge in [0, 0.05) is 18.0 Å². The Balaban J connectivity index is 1.91. The van der Waals surface area contributed by atoms with Crippen LogP contribution < -0.4 is 0 Å². The molecule has 0 N–H and O–H groups in total. The molecule has 7 nitrogen and oxygen atoms in total. The Bertz CT molecular complexity index is 1120. The molecule has 0 bridgehead atoms. The van der Waals surface area contributed by atoms with E-state index in [1.54, 1.807) is 24.4 Å². The number of nitrogens with zero attached hydrogens (tertiary/aromatic N) is 5. The molecule has 0 saturated carbocycles. The SMILES string of the molecule is O=[N+]([O-])c1cnn2ccc(-n3cccc3-c3cc(F)ccc3F)nc12. The van der Waals surface area contributed by atoms with E-state index < -0.39 is 16.6 Å². The summed E-state index contributed by atoms with van der Waals surface area (Å²) >= 11 is 0. The van der Waals surface area contributed by atoms with Gasteiger partial charge < -0.3 is 4.57 Å². The third kappa shape index (κ3) is 2.42. The van der Waals surface area contributed by atoms with Gasteiger partial charge in [-0.15, -0.1) is 0 Å². The predicted molar refractivity (Wildman–Crippen MR) is 84.3 cm³/mol. The Labute approximate surface area is 138 Å². The van der Waals surface area contributed by atoms with Gasteiger partial charge in [0.15, 0.2) is 0 Å². The highest BCUT2D eigenvalue weighted by Gasteiger charge is 2.18. The summed E-state index contributed by atoms with van der Waals surface area (Å²) in [6, 6.07) is 7.99. The van der Waals surface area contributed by atoms with Gasteiger partial charge in [0.05, 0.1) is 10.6 Å². The van der Waals surface area contributed by atoms with Gasteiger partial charge in [-0.25, -0.2) is 18.3 Å². The third-order valence-corrected chi connectivity index (χ3v) is 3.73. The molecule has 0 aliphatic heterocycles. The van der Waals surface area contributed by atoms with Crippen LogP contribution in [-0.4, -0.2) is 24.1 Å². The molecule has 0 spiro atoms. The predicted octanol–water partition coefficient (Wildman–Crippen LogP) is 3.37. The highest BCUT2D eigenvalue weighted by Crippen LogP contribution is 2.27. The molecule has 0 aliphatic carbocycles. The number of aromatic nitrogens is 4. The highest BCUT2D eigenvalue weighted by atomic mass is 19.1. The monoisotopic (exact) mass is 341 g/mol. The van der Waals surface area contributed by atoms with Crippen LogP contribution in [-0.2, 0) is 0 Å². The lowest BCUT2D eigenvalue weighted by Gasteiger charge is -2.10. The maximum atomic E-state index is 14.1. The summed E-state index contributed by atoms with van der Waals surface area (Å²) in [7, 11) is 0. The Morgan fingerprint density at radius 1 is 1.12 bits per heavy atom. The van der Waals surface area contributed by atoms with Crippen molar-refractivity contribution in [1.82, 2.24) is 19.2 Å². The van der Waals surface area contributed by atoms with Crippen LogP contribution in [0.5, 0.6) is 0 Å². The van der Waals surface area contributed by atoms with Gasteiger partial charge in [-0.05, 0) is 36.4 Å². The minimum absolute atomic E-state index is 0.0573. The van der Waals surface area contributed by atoms with E-state index in [0.717, 1.165) is 24.4 Å². The van der Waals surface area contributed by atoms with Crippen molar-refractivity contribution in [2.24, 2.45) is 0 Å². The average Bonchev–Trinajstić information content (AvgIpc) is 3.22. The van der Waals surface area contributed by atoms with E-state index in [1.165, 1.54) is 15.3 Å². The second-order valence-electron chi connectivity index (χ2n) is 5.23. The summed E-state index contributed by atoms with van der Waals surface area (Å²) in [5, 5.41) is 14.9. The fourth-order valence-corrected chi connectivity index (χ4v) is 2.60. The summed E-state index contributed by atoms with van der Waals surface area (Å²) in [6.07, 6.45) is 4.23. The molecule has 25 heavy (non-hydrogen) atoms. The van der Waals surface area contributed by atoms with Crippen molar-refractivity contribution in [3.8, 4) is 17.1 Å². The average molecular weight is 341 g/mol. The first kappa shape index (κ1) is 14.9. The van der Waals surface area contributed by atoms with Crippen LogP contribution in [0.3, 0.4) is 0 Å². The molecule has 3 heterocycles. The molecular weight excluding hydrogens is 332 g/mol. The second-order valence-corrected chi connectivity index (χ2v) is 5.23. The van der Waals surface area contributed by atoms with E-state index in [1.807, 2.05) is 0 Å². The van der Waals surface area contributed by atoms with Crippen LogP contribution in [0.25, 0.3) is 22.7 Å². The van der Waals surface area contributed by atoms with Crippen LogP contribution in [0.1, 0.15) is 0 Å². The molecule has 3 aromatic heterocycles. The quantitative estimate of drug-likeness (QED) is 0.423. The van der Waals surface area contributed by atoms with E-state index in [0.29, 0.717) is 11.5 Å². The normalized spacial score (nSPS) is 11.1. The minimum atomic E-state index is -0.585. The summed E-state index contributed by atoms with van der Waals surface area (Å²) in [4.78, 5) is 14.7. The number of nitro groups is 1. The summed E-state index contributed by atoms with van der Waals surface area (Å²) in [5.41, 5.74) is 0.250. The summed E-state index contributed by atoms with van der Waals surface area (Å²) in [6.45, 7) is 0. The highest BCUT2D eigenvalue weighted by molar-refractivity contribution is 5.65. The zero-order valence-corrected chi connectivity index (χ0v) is 12.5. The molecule has 0 saturated heterocycles. The third-order valence-electron chi connectivity index (χ3n) is 3.73. The van der Waals surface area contributed by atoms with Crippen LogP contribution in [0.2, 0.25) is 0 Å². The van der Waals surface area contributed by atoms with Crippen LogP contribution in [0.15, 0.2) is 55.0 Å². The molecule has 0 unspecified atom stereocenters. The minimum Gasteiger partial charge on any atom is -0.301 e. The first-order valence-corrected chi connectivity index (χ1v) is 7.16. The van der Waals surface area contributed by atoms with Crippen molar-refractivity contribution >= 4 is 11.3 Å². The maximum Gasteiger partial charge on any atom is 0.333 e. The first-order chi connectivity index (χ1) is 12.0. The van der Waals surface area contributed by atoms with Crippen molar-refractivity contribution in [3.63, 3.8) is 0 Å². The smallest absolute Gasteiger partial charge is 0.301 e. The maximum absolute atomic E-state index is 14.1.